The summed E-state index contributed by atoms with van der Waals surface area (Å²) in [5.41, 5.74) is 2.51. The summed E-state index contributed by atoms with van der Waals surface area (Å²) in [6.45, 7) is 0. The first-order valence-electron chi connectivity index (χ1n) is 8.60. The van der Waals surface area contributed by atoms with Gasteiger partial charge < -0.3 is 10.4 Å². The van der Waals surface area contributed by atoms with E-state index < -0.39 is 5.97 Å². The van der Waals surface area contributed by atoms with Crippen LogP contribution in [0.5, 0.6) is 0 Å². The Balaban J connectivity index is 1.53. The summed E-state index contributed by atoms with van der Waals surface area (Å²) in [6, 6.07) is 7.34. The molecule has 0 bridgehead atoms. The maximum absolute atomic E-state index is 11.6. The highest BCUT2D eigenvalue weighted by molar-refractivity contribution is 6.30. The number of halogens is 1. The van der Waals surface area contributed by atoms with E-state index in [4.69, 9.17) is 11.6 Å². The van der Waals surface area contributed by atoms with Crippen molar-refractivity contribution in [3.63, 3.8) is 0 Å². The Bertz CT molecular complexity index is 902. The van der Waals surface area contributed by atoms with E-state index in [1.165, 1.54) is 12.8 Å². The summed E-state index contributed by atoms with van der Waals surface area (Å²) < 4.78 is 0. The molecule has 2 aromatic rings. The molecule has 1 fully saturated rings. The minimum atomic E-state index is -0.876. The molecule has 1 aromatic carbocycles. The van der Waals surface area contributed by atoms with Gasteiger partial charge in [0.05, 0.1) is 23.7 Å². The molecule has 2 aliphatic rings. The summed E-state index contributed by atoms with van der Waals surface area (Å²) in [5, 5.41) is 13.3. The Hall–Kier alpha value is -2.66. The van der Waals surface area contributed by atoms with E-state index in [2.05, 4.69) is 21.4 Å². The average molecular weight is 368 g/mol. The molecule has 0 aliphatic heterocycles. The van der Waals surface area contributed by atoms with Gasteiger partial charge in [0.1, 0.15) is 0 Å². The Morgan fingerprint density at radius 1 is 1.23 bits per heavy atom. The van der Waals surface area contributed by atoms with Crippen molar-refractivity contribution in [3.05, 3.63) is 65.1 Å². The lowest BCUT2D eigenvalue weighted by Crippen LogP contribution is -2.17. The van der Waals surface area contributed by atoms with Crippen LogP contribution in [0.1, 0.15) is 19.3 Å². The van der Waals surface area contributed by atoms with Gasteiger partial charge in [0.25, 0.3) is 0 Å². The van der Waals surface area contributed by atoms with E-state index in [-0.39, 0.29) is 0 Å². The molecular weight excluding hydrogens is 350 g/mol. The summed E-state index contributed by atoms with van der Waals surface area (Å²) in [6.07, 6.45) is 10.3. The molecule has 0 amide bonds. The SMILES string of the molecule is O=C(O)C1=C(Nc2cnc(-c3cccc(Cl)c3)nc2)C=CC(C2CC2)C1. The fraction of sp³-hybridized carbons (Fsp3) is 0.250. The number of aliphatic carboxylic acids is 1. The average Bonchev–Trinajstić information content (AvgIpc) is 3.48. The number of nitrogens with one attached hydrogen (secondary N) is 1. The number of benzene rings is 1. The van der Waals surface area contributed by atoms with Crippen LogP contribution in [0.3, 0.4) is 0 Å². The third kappa shape index (κ3) is 3.63. The Morgan fingerprint density at radius 2 is 2.00 bits per heavy atom. The normalized spacial score (nSPS) is 19.5. The fourth-order valence-corrected chi connectivity index (χ4v) is 3.42. The minimum absolute atomic E-state index is 0.341. The monoisotopic (exact) mass is 367 g/mol. The van der Waals surface area contributed by atoms with Crippen LogP contribution in [0.2, 0.25) is 5.02 Å². The maximum atomic E-state index is 11.6. The summed E-state index contributed by atoms with van der Waals surface area (Å²) in [4.78, 5) is 20.3. The van der Waals surface area contributed by atoms with Crippen molar-refractivity contribution in [2.75, 3.05) is 5.32 Å². The van der Waals surface area contributed by atoms with Crippen LogP contribution in [-0.2, 0) is 4.79 Å². The molecule has 6 heteroatoms. The van der Waals surface area contributed by atoms with Gasteiger partial charge in [-0.25, -0.2) is 14.8 Å². The number of anilines is 1. The van der Waals surface area contributed by atoms with Crippen molar-refractivity contribution in [1.82, 2.24) is 9.97 Å². The molecule has 2 aliphatic carbocycles. The molecule has 26 heavy (non-hydrogen) atoms. The van der Waals surface area contributed by atoms with Crippen LogP contribution in [-0.4, -0.2) is 21.0 Å². The largest absolute Gasteiger partial charge is 0.478 e. The molecule has 1 aromatic heterocycles. The number of aromatic nitrogens is 2. The van der Waals surface area contributed by atoms with Gasteiger partial charge in [0.15, 0.2) is 5.82 Å². The van der Waals surface area contributed by atoms with Crippen molar-refractivity contribution in [2.45, 2.75) is 19.3 Å². The molecule has 1 atom stereocenters. The standard InChI is InChI=1S/C20H18ClN3O2/c21-15-3-1-2-14(8-15)19-22-10-16(11-23-19)24-18-7-6-13(12-4-5-12)9-17(18)20(25)26/h1-3,6-8,10-13,24H,4-5,9H2,(H,25,26). The minimum Gasteiger partial charge on any atom is -0.478 e. The number of rotatable bonds is 5. The molecule has 0 radical (unpaired) electrons. The van der Waals surface area contributed by atoms with Gasteiger partial charge in [-0.2, -0.15) is 0 Å². The molecular formula is C20H18ClN3O2. The Labute approximate surface area is 156 Å². The number of hydrogen-bond donors (Lipinski definition) is 2. The lowest BCUT2D eigenvalue weighted by molar-refractivity contribution is -0.133. The van der Waals surface area contributed by atoms with Gasteiger partial charge in [-0.1, -0.05) is 29.8 Å². The van der Waals surface area contributed by atoms with E-state index in [1.54, 1.807) is 24.5 Å². The lowest BCUT2D eigenvalue weighted by atomic mass is 9.89. The highest BCUT2D eigenvalue weighted by atomic mass is 35.5. The van der Waals surface area contributed by atoms with Gasteiger partial charge >= 0.3 is 5.97 Å². The molecule has 132 valence electrons. The van der Waals surface area contributed by atoms with E-state index in [0.29, 0.717) is 46.1 Å². The summed E-state index contributed by atoms with van der Waals surface area (Å²) in [5.74, 6) is 0.674. The zero-order chi connectivity index (χ0) is 18.1. The zero-order valence-corrected chi connectivity index (χ0v) is 14.8. The fourth-order valence-electron chi connectivity index (χ4n) is 3.23. The first-order valence-corrected chi connectivity index (χ1v) is 8.97. The number of allylic oxidation sites excluding steroid dienone is 2. The highest BCUT2D eigenvalue weighted by Gasteiger charge is 2.33. The summed E-state index contributed by atoms with van der Waals surface area (Å²) >= 11 is 6.00. The number of hydrogen-bond acceptors (Lipinski definition) is 4. The van der Waals surface area contributed by atoms with Crippen molar-refractivity contribution >= 4 is 23.3 Å². The highest BCUT2D eigenvalue weighted by Crippen LogP contribution is 2.42. The molecule has 1 unspecified atom stereocenters. The molecule has 0 spiro atoms. The van der Waals surface area contributed by atoms with Crippen LogP contribution in [0.4, 0.5) is 5.69 Å². The molecule has 2 N–H and O–H groups in total. The summed E-state index contributed by atoms with van der Waals surface area (Å²) in [7, 11) is 0. The van der Waals surface area contributed by atoms with Crippen molar-refractivity contribution < 1.29 is 9.90 Å². The Kier molecular flexibility index (Phi) is 4.47. The van der Waals surface area contributed by atoms with Crippen LogP contribution in [0.15, 0.2) is 60.1 Å². The van der Waals surface area contributed by atoms with Crippen LogP contribution in [0.25, 0.3) is 11.4 Å². The predicted octanol–water partition coefficient (Wildman–Crippen LogP) is 4.53. The van der Waals surface area contributed by atoms with Gasteiger partial charge in [0, 0.05) is 16.3 Å². The van der Waals surface area contributed by atoms with E-state index >= 15 is 0 Å². The smallest absolute Gasteiger partial charge is 0.333 e. The molecule has 1 heterocycles. The predicted molar refractivity (Wildman–Crippen MR) is 101 cm³/mol. The van der Waals surface area contributed by atoms with Gasteiger partial charge in [-0.05, 0) is 49.3 Å². The second-order valence-electron chi connectivity index (χ2n) is 6.69. The van der Waals surface area contributed by atoms with Gasteiger partial charge in [-0.15, -0.1) is 0 Å². The molecule has 4 rings (SSSR count). The van der Waals surface area contributed by atoms with Crippen molar-refractivity contribution in [2.24, 2.45) is 11.8 Å². The number of carboxylic acids is 1. The number of carboxylic acid groups (broad SMARTS) is 1. The van der Waals surface area contributed by atoms with Crippen LogP contribution in [0, 0.1) is 11.8 Å². The van der Waals surface area contributed by atoms with E-state index in [0.717, 1.165) is 5.56 Å². The maximum Gasteiger partial charge on any atom is 0.333 e. The third-order valence-electron chi connectivity index (χ3n) is 4.77. The lowest BCUT2D eigenvalue weighted by Gasteiger charge is -2.21. The molecule has 1 saturated carbocycles. The molecule has 5 nitrogen and oxygen atoms in total. The van der Waals surface area contributed by atoms with Crippen molar-refractivity contribution in [1.29, 1.82) is 0 Å². The quantitative estimate of drug-likeness (QED) is 0.811. The van der Waals surface area contributed by atoms with Gasteiger partial charge in [-0.3, -0.25) is 0 Å². The number of nitrogens with zero attached hydrogens (tertiary/aromatic N) is 2. The first-order chi connectivity index (χ1) is 12.6. The van der Waals surface area contributed by atoms with E-state index in [9.17, 15) is 9.90 Å². The first kappa shape index (κ1) is 16.8. The Morgan fingerprint density at radius 3 is 2.65 bits per heavy atom. The second kappa shape index (κ2) is 6.92. The molecule has 0 saturated heterocycles. The second-order valence-corrected chi connectivity index (χ2v) is 7.13. The van der Waals surface area contributed by atoms with Crippen LogP contribution < -0.4 is 5.32 Å². The third-order valence-corrected chi connectivity index (χ3v) is 5.01. The van der Waals surface area contributed by atoms with Crippen LogP contribution >= 0.6 is 11.6 Å². The zero-order valence-electron chi connectivity index (χ0n) is 14.0. The van der Waals surface area contributed by atoms with E-state index in [1.807, 2.05) is 18.2 Å². The topological polar surface area (TPSA) is 75.1 Å². The van der Waals surface area contributed by atoms with Crippen molar-refractivity contribution in [3.8, 4) is 11.4 Å². The van der Waals surface area contributed by atoms with Gasteiger partial charge in [0.2, 0.25) is 0 Å². The number of carbonyl (C=O) groups is 1.